The van der Waals surface area contributed by atoms with Gasteiger partial charge in [0.1, 0.15) is 18.0 Å². The van der Waals surface area contributed by atoms with Crippen LogP contribution in [0.2, 0.25) is 0 Å². The van der Waals surface area contributed by atoms with Crippen LogP contribution in [0.25, 0.3) is 5.65 Å². The smallest absolute Gasteiger partial charge is 0.235 e. The Balaban J connectivity index is 1.27. The van der Waals surface area contributed by atoms with E-state index in [2.05, 4.69) is 29.4 Å². The van der Waals surface area contributed by atoms with Gasteiger partial charge in [0, 0.05) is 24.1 Å². The zero-order valence-electron chi connectivity index (χ0n) is 16.8. The molecule has 1 fully saturated rings. The molecule has 2 aromatic heterocycles. The van der Waals surface area contributed by atoms with Gasteiger partial charge in [-0.05, 0) is 49.6 Å². The third-order valence-electron chi connectivity index (χ3n) is 5.65. The van der Waals surface area contributed by atoms with E-state index in [9.17, 15) is 4.79 Å². The van der Waals surface area contributed by atoms with Crippen molar-refractivity contribution in [2.24, 2.45) is 0 Å². The van der Waals surface area contributed by atoms with E-state index in [-0.39, 0.29) is 5.91 Å². The molecule has 0 unspecified atom stereocenters. The van der Waals surface area contributed by atoms with Gasteiger partial charge >= 0.3 is 0 Å². The van der Waals surface area contributed by atoms with Crippen LogP contribution in [0.15, 0.2) is 79.1 Å². The van der Waals surface area contributed by atoms with E-state index < -0.39 is 5.41 Å². The fourth-order valence-electron chi connectivity index (χ4n) is 3.84. The normalized spacial score (nSPS) is 14.4. The fourth-order valence-corrected chi connectivity index (χ4v) is 3.84. The number of carbonyl (C=O) groups excluding carboxylic acids is 1. The summed E-state index contributed by atoms with van der Waals surface area (Å²) >= 11 is 0. The first-order valence-electron chi connectivity index (χ1n) is 10.2. The maximum absolute atomic E-state index is 13.0. The summed E-state index contributed by atoms with van der Waals surface area (Å²) in [7, 11) is 0. The van der Waals surface area contributed by atoms with Crippen molar-refractivity contribution in [2.45, 2.75) is 31.8 Å². The van der Waals surface area contributed by atoms with E-state index in [1.807, 2.05) is 71.4 Å². The lowest BCUT2D eigenvalue weighted by Gasteiger charge is -2.17. The second-order valence-corrected chi connectivity index (χ2v) is 7.92. The Morgan fingerprint density at radius 2 is 1.97 bits per heavy atom. The summed E-state index contributed by atoms with van der Waals surface area (Å²) in [6.07, 6.45) is 5.68. The van der Waals surface area contributed by atoms with Crippen molar-refractivity contribution >= 4 is 17.2 Å². The highest BCUT2D eigenvalue weighted by Crippen LogP contribution is 2.49. The number of amides is 1. The lowest BCUT2D eigenvalue weighted by Crippen LogP contribution is -2.27. The monoisotopic (exact) mass is 397 g/mol. The number of aromatic nitrogens is 2. The predicted molar refractivity (Wildman–Crippen MR) is 117 cm³/mol. The second-order valence-electron chi connectivity index (χ2n) is 7.92. The molecule has 0 aliphatic heterocycles. The number of nitrogens with one attached hydrogen (secondary N) is 1. The van der Waals surface area contributed by atoms with Crippen molar-refractivity contribution < 1.29 is 9.53 Å². The predicted octanol–water partition coefficient (Wildman–Crippen LogP) is 4.89. The summed E-state index contributed by atoms with van der Waals surface area (Å²) in [6, 6.07) is 21.7. The van der Waals surface area contributed by atoms with Gasteiger partial charge in [-0.2, -0.15) is 0 Å². The summed E-state index contributed by atoms with van der Waals surface area (Å²) in [5, 5.41) is 3.08. The molecule has 1 aliphatic rings. The fraction of sp³-hybridized carbons (Fsp3) is 0.200. The molecule has 5 rings (SSSR count). The number of imidazole rings is 1. The van der Waals surface area contributed by atoms with Crippen molar-refractivity contribution in [1.82, 2.24) is 9.38 Å². The third-order valence-corrected chi connectivity index (χ3v) is 5.65. The maximum Gasteiger partial charge on any atom is 0.235 e. The summed E-state index contributed by atoms with van der Waals surface area (Å²) in [4.78, 5) is 17.6. The zero-order valence-corrected chi connectivity index (χ0v) is 16.8. The first-order valence-corrected chi connectivity index (χ1v) is 10.2. The summed E-state index contributed by atoms with van der Waals surface area (Å²) in [5.41, 5.74) is 4.36. The van der Waals surface area contributed by atoms with Crippen LogP contribution in [0.3, 0.4) is 0 Å². The molecule has 30 heavy (non-hydrogen) atoms. The van der Waals surface area contributed by atoms with Crippen molar-refractivity contribution in [2.75, 3.05) is 5.32 Å². The van der Waals surface area contributed by atoms with Crippen LogP contribution in [0.4, 0.5) is 5.69 Å². The number of hydrogen-bond donors (Lipinski definition) is 1. The Morgan fingerprint density at radius 3 is 2.77 bits per heavy atom. The van der Waals surface area contributed by atoms with Gasteiger partial charge in [-0.15, -0.1) is 0 Å². The van der Waals surface area contributed by atoms with Gasteiger partial charge in [0.15, 0.2) is 0 Å². The molecular weight excluding hydrogens is 374 g/mol. The van der Waals surface area contributed by atoms with Crippen LogP contribution in [-0.4, -0.2) is 15.3 Å². The van der Waals surface area contributed by atoms with E-state index in [1.165, 1.54) is 5.56 Å². The van der Waals surface area contributed by atoms with Crippen molar-refractivity contribution in [3.05, 3.63) is 95.9 Å². The molecule has 150 valence electrons. The average molecular weight is 397 g/mol. The number of aryl methyl sites for hydroxylation is 1. The van der Waals surface area contributed by atoms with E-state index in [0.29, 0.717) is 12.4 Å². The number of anilines is 1. The number of fused-ring (bicyclic) bond motifs is 1. The van der Waals surface area contributed by atoms with Crippen molar-refractivity contribution in [3.63, 3.8) is 0 Å². The minimum atomic E-state index is -0.403. The van der Waals surface area contributed by atoms with Gasteiger partial charge in [-0.3, -0.25) is 4.79 Å². The number of hydrogen-bond acceptors (Lipinski definition) is 3. The van der Waals surface area contributed by atoms with Crippen molar-refractivity contribution in [3.8, 4) is 5.75 Å². The highest BCUT2D eigenvalue weighted by Gasteiger charge is 2.51. The molecule has 1 N–H and O–H groups in total. The van der Waals surface area contributed by atoms with Gasteiger partial charge < -0.3 is 14.5 Å². The first-order chi connectivity index (χ1) is 14.6. The molecule has 0 radical (unpaired) electrons. The Hall–Kier alpha value is -3.60. The number of benzene rings is 2. The van der Waals surface area contributed by atoms with Crippen molar-refractivity contribution in [1.29, 1.82) is 0 Å². The largest absolute Gasteiger partial charge is 0.487 e. The molecule has 1 aliphatic carbocycles. The Labute approximate surface area is 175 Å². The Bertz CT molecular complexity index is 1190. The molecule has 2 heterocycles. The SMILES string of the molecule is Cc1cccc(C2(C(=O)Nc3cccc(OCc4cn5ccccc5n4)c3)CC2)c1. The number of pyridine rings is 1. The quantitative estimate of drug-likeness (QED) is 0.504. The second kappa shape index (κ2) is 7.34. The molecule has 0 saturated heterocycles. The van der Waals surface area contributed by atoms with Crippen LogP contribution in [0.5, 0.6) is 5.75 Å². The van der Waals surface area contributed by atoms with Crippen LogP contribution in [0, 0.1) is 6.92 Å². The maximum atomic E-state index is 13.0. The van der Waals surface area contributed by atoms with Gasteiger partial charge in [0.05, 0.1) is 11.1 Å². The molecule has 2 aromatic carbocycles. The summed E-state index contributed by atoms with van der Waals surface area (Å²) < 4.78 is 7.89. The first kappa shape index (κ1) is 18.4. The van der Waals surface area contributed by atoms with Gasteiger partial charge in [-0.25, -0.2) is 4.98 Å². The Morgan fingerprint density at radius 1 is 1.10 bits per heavy atom. The molecule has 1 saturated carbocycles. The highest BCUT2D eigenvalue weighted by molar-refractivity contribution is 6.01. The standard InChI is InChI=1S/C25H23N3O2/c1-18-6-4-7-19(14-18)25(11-12-25)24(29)27-20-8-5-9-22(15-20)30-17-21-16-28-13-3-2-10-23(28)26-21/h2-10,13-16H,11-12,17H2,1H3,(H,27,29). The van der Waals surface area contributed by atoms with Crippen LogP contribution >= 0.6 is 0 Å². The number of nitrogens with zero attached hydrogens (tertiary/aromatic N) is 2. The van der Waals surface area contributed by atoms with Gasteiger partial charge in [0.2, 0.25) is 5.91 Å². The summed E-state index contributed by atoms with van der Waals surface area (Å²) in [5.74, 6) is 0.746. The lowest BCUT2D eigenvalue weighted by molar-refractivity contribution is -0.118. The molecule has 0 bridgehead atoms. The molecular formula is C25H23N3O2. The summed E-state index contributed by atoms with van der Waals surface area (Å²) in [6.45, 7) is 2.42. The van der Waals surface area contributed by atoms with Gasteiger partial charge in [-0.1, -0.05) is 42.0 Å². The molecule has 5 heteroatoms. The highest BCUT2D eigenvalue weighted by atomic mass is 16.5. The van der Waals surface area contributed by atoms with E-state index in [4.69, 9.17) is 4.74 Å². The minimum absolute atomic E-state index is 0.0469. The van der Waals surface area contributed by atoms with E-state index >= 15 is 0 Å². The minimum Gasteiger partial charge on any atom is -0.487 e. The van der Waals surface area contributed by atoms with Crippen LogP contribution in [0.1, 0.15) is 29.7 Å². The van der Waals surface area contributed by atoms with Crippen LogP contribution in [-0.2, 0) is 16.8 Å². The topological polar surface area (TPSA) is 55.6 Å². The molecule has 5 nitrogen and oxygen atoms in total. The number of rotatable bonds is 6. The molecule has 0 atom stereocenters. The number of carbonyl (C=O) groups is 1. The third kappa shape index (κ3) is 3.54. The zero-order chi connectivity index (χ0) is 20.6. The molecule has 0 spiro atoms. The van der Waals surface area contributed by atoms with E-state index in [0.717, 1.165) is 35.4 Å². The number of ether oxygens (including phenoxy) is 1. The molecule has 4 aromatic rings. The van der Waals surface area contributed by atoms with Gasteiger partial charge in [0.25, 0.3) is 0 Å². The molecule has 1 amide bonds. The lowest BCUT2D eigenvalue weighted by atomic mass is 9.93. The average Bonchev–Trinajstić information content (AvgIpc) is 3.46. The Kier molecular flexibility index (Phi) is 4.51. The van der Waals surface area contributed by atoms with E-state index in [1.54, 1.807) is 0 Å². The van der Waals surface area contributed by atoms with Crippen LogP contribution < -0.4 is 10.1 Å².